The lowest BCUT2D eigenvalue weighted by molar-refractivity contribution is -0.141. The largest absolute Gasteiger partial charge is 0.489 e. The minimum Gasteiger partial charge on any atom is -0.489 e. The Balaban J connectivity index is 1.71. The summed E-state index contributed by atoms with van der Waals surface area (Å²) in [5.41, 5.74) is 0.371. The maximum Gasteiger partial charge on any atom is 0.323 e. The van der Waals surface area contributed by atoms with E-state index in [4.69, 9.17) is 4.74 Å². The van der Waals surface area contributed by atoms with Crippen molar-refractivity contribution in [1.82, 2.24) is 5.32 Å². The van der Waals surface area contributed by atoms with Crippen molar-refractivity contribution in [3.05, 3.63) is 24.3 Å². The van der Waals surface area contributed by atoms with Gasteiger partial charge in [0.15, 0.2) is 0 Å². The number of ether oxygens (including phenoxy) is 1. The molecule has 1 saturated heterocycles. The highest BCUT2D eigenvalue weighted by molar-refractivity contribution is 7.99. The third-order valence-corrected chi connectivity index (χ3v) is 6.37. The van der Waals surface area contributed by atoms with Crippen LogP contribution in [0.2, 0.25) is 0 Å². The summed E-state index contributed by atoms with van der Waals surface area (Å²) in [4.78, 5) is 37.3. The summed E-state index contributed by atoms with van der Waals surface area (Å²) < 4.78 is 5.70. The van der Waals surface area contributed by atoms with E-state index in [0.29, 0.717) is 23.8 Å². The molecule has 3 N–H and O–H groups in total. The molecule has 0 bridgehead atoms. The van der Waals surface area contributed by atoms with E-state index in [1.54, 1.807) is 24.3 Å². The second-order valence-corrected chi connectivity index (χ2v) is 8.56. The molecule has 1 aromatic rings. The van der Waals surface area contributed by atoms with Crippen molar-refractivity contribution < 1.29 is 29.3 Å². The molecular formula is C20H26N2O6S. The first-order valence-corrected chi connectivity index (χ1v) is 10.9. The maximum absolute atomic E-state index is 13.0. The lowest BCUT2D eigenvalue weighted by Gasteiger charge is -2.27. The van der Waals surface area contributed by atoms with Gasteiger partial charge in [-0.15, -0.1) is 0 Å². The highest BCUT2D eigenvalue weighted by Gasteiger charge is 2.35. The van der Waals surface area contributed by atoms with Crippen LogP contribution in [0.1, 0.15) is 25.7 Å². The molecular weight excluding hydrogens is 396 g/mol. The third-order valence-electron chi connectivity index (χ3n) is 5.32. The van der Waals surface area contributed by atoms with Crippen LogP contribution in [0, 0.1) is 5.92 Å². The smallest absolute Gasteiger partial charge is 0.323 e. The first kappa shape index (κ1) is 21.4. The number of aliphatic carboxylic acids is 2. The zero-order valence-corrected chi connectivity index (χ0v) is 16.9. The van der Waals surface area contributed by atoms with Gasteiger partial charge in [-0.25, -0.2) is 0 Å². The zero-order valence-electron chi connectivity index (χ0n) is 16.1. The summed E-state index contributed by atoms with van der Waals surface area (Å²) in [6, 6.07) is 4.88. The zero-order chi connectivity index (χ0) is 20.8. The first-order chi connectivity index (χ1) is 14.0. The molecule has 0 aliphatic carbocycles. The highest BCUT2D eigenvalue weighted by atomic mass is 32.2. The number of benzene rings is 1. The van der Waals surface area contributed by atoms with Crippen LogP contribution < -0.4 is 15.0 Å². The third kappa shape index (κ3) is 5.63. The molecule has 0 spiro atoms. The fraction of sp³-hybridized carbons (Fsp3) is 0.550. The van der Waals surface area contributed by atoms with E-state index in [0.717, 1.165) is 35.7 Å². The van der Waals surface area contributed by atoms with Gasteiger partial charge < -0.3 is 14.9 Å². The molecule has 1 aromatic carbocycles. The Kier molecular flexibility index (Phi) is 7.38. The van der Waals surface area contributed by atoms with Crippen LogP contribution in [0.15, 0.2) is 24.3 Å². The van der Waals surface area contributed by atoms with Gasteiger partial charge in [0.1, 0.15) is 31.0 Å². The lowest BCUT2D eigenvalue weighted by atomic mass is 9.94. The molecule has 2 aliphatic heterocycles. The summed E-state index contributed by atoms with van der Waals surface area (Å²) >= 11 is 1.92. The number of carboxylic acids is 2. The minimum atomic E-state index is -1.15. The van der Waals surface area contributed by atoms with E-state index >= 15 is 0 Å². The molecule has 1 fully saturated rings. The minimum absolute atomic E-state index is 0.0597. The maximum atomic E-state index is 13.0. The Hall–Kier alpha value is -2.26. The Bertz CT molecular complexity index is 752. The quantitative estimate of drug-likeness (QED) is 0.581. The van der Waals surface area contributed by atoms with Gasteiger partial charge in [-0.05, 0) is 55.2 Å². The number of amides is 1. The molecule has 0 saturated carbocycles. The SMILES string of the molecule is O=C(O)CN1C(=O)C(N[C@@H](CCC2CCSCC2)C(=O)O)COc2ccccc21. The van der Waals surface area contributed by atoms with Crippen LogP contribution >= 0.6 is 11.8 Å². The van der Waals surface area contributed by atoms with E-state index in [1.807, 2.05) is 11.8 Å². The predicted octanol–water partition coefficient (Wildman–Crippen LogP) is 1.83. The van der Waals surface area contributed by atoms with Crippen molar-refractivity contribution in [1.29, 1.82) is 0 Å². The van der Waals surface area contributed by atoms with Crippen molar-refractivity contribution >= 4 is 35.3 Å². The van der Waals surface area contributed by atoms with Crippen molar-refractivity contribution in [3.8, 4) is 5.75 Å². The Morgan fingerprint density at radius 2 is 1.97 bits per heavy atom. The Morgan fingerprint density at radius 3 is 2.66 bits per heavy atom. The van der Waals surface area contributed by atoms with Crippen LogP contribution in [-0.2, 0) is 14.4 Å². The number of nitrogens with one attached hydrogen (secondary N) is 1. The van der Waals surface area contributed by atoms with E-state index in [9.17, 15) is 24.6 Å². The van der Waals surface area contributed by atoms with Crippen LogP contribution in [0.4, 0.5) is 5.69 Å². The first-order valence-electron chi connectivity index (χ1n) is 9.77. The average molecular weight is 423 g/mol. The van der Waals surface area contributed by atoms with E-state index in [1.165, 1.54) is 0 Å². The number of carbonyl (C=O) groups excluding carboxylic acids is 1. The van der Waals surface area contributed by atoms with Crippen molar-refractivity contribution in [2.24, 2.45) is 5.92 Å². The molecule has 8 nitrogen and oxygen atoms in total. The van der Waals surface area contributed by atoms with Crippen molar-refractivity contribution in [2.75, 3.05) is 29.6 Å². The van der Waals surface area contributed by atoms with Gasteiger partial charge in [0.25, 0.3) is 0 Å². The van der Waals surface area contributed by atoms with E-state index in [-0.39, 0.29) is 6.61 Å². The normalized spacial score (nSPS) is 21.0. The van der Waals surface area contributed by atoms with Gasteiger partial charge >= 0.3 is 11.9 Å². The molecule has 9 heteroatoms. The molecule has 29 heavy (non-hydrogen) atoms. The van der Waals surface area contributed by atoms with Crippen LogP contribution in [-0.4, -0.2) is 64.8 Å². The molecule has 1 unspecified atom stereocenters. The van der Waals surface area contributed by atoms with Crippen molar-refractivity contribution in [2.45, 2.75) is 37.8 Å². The molecule has 0 aromatic heterocycles. The Labute approximate surface area is 173 Å². The molecule has 2 atom stereocenters. The Morgan fingerprint density at radius 1 is 1.24 bits per heavy atom. The highest BCUT2D eigenvalue weighted by Crippen LogP contribution is 2.31. The van der Waals surface area contributed by atoms with Crippen LogP contribution in [0.3, 0.4) is 0 Å². The number of anilines is 1. The monoisotopic (exact) mass is 422 g/mol. The van der Waals surface area contributed by atoms with Crippen LogP contribution in [0.25, 0.3) is 0 Å². The van der Waals surface area contributed by atoms with Gasteiger partial charge in [0, 0.05) is 0 Å². The number of rotatable bonds is 8. The number of nitrogens with zero attached hydrogens (tertiary/aromatic N) is 1. The number of carboxylic acid groups (broad SMARTS) is 2. The number of thioether (sulfide) groups is 1. The molecule has 2 aliphatic rings. The summed E-state index contributed by atoms with van der Waals surface area (Å²) in [7, 11) is 0. The van der Waals surface area contributed by atoms with Gasteiger partial charge in [-0.3, -0.25) is 24.6 Å². The fourth-order valence-electron chi connectivity index (χ4n) is 3.73. The van der Waals surface area contributed by atoms with Gasteiger partial charge in [-0.1, -0.05) is 12.1 Å². The van der Waals surface area contributed by atoms with Gasteiger partial charge in [-0.2, -0.15) is 11.8 Å². The number of hydrogen-bond donors (Lipinski definition) is 3. The molecule has 0 radical (unpaired) electrons. The number of hydrogen-bond acceptors (Lipinski definition) is 6. The standard InChI is InChI=1S/C20H26N2O6S/c23-18(24)11-22-16-3-1-2-4-17(16)28-12-15(19(22)25)21-14(20(26)27)6-5-13-7-9-29-10-8-13/h1-4,13-15,21H,5-12H2,(H,23,24)(H,26,27)/t14-,15?/m0/s1. The number of para-hydroxylation sites is 2. The summed E-state index contributed by atoms with van der Waals surface area (Å²) in [5.74, 6) is 0.443. The summed E-state index contributed by atoms with van der Waals surface area (Å²) in [5, 5.41) is 21.8. The number of carbonyl (C=O) groups is 3. The molecule has 158 valence electrons. The van der Waals surface area contributed by atoms with Gasteiger partial charge in [0.05, 0.1) is 5.69 Å². The second kappa shape index (κ2) is 9.98. The van der Waals surface area contributed by atoms with E-state index < -0.39 is 36.5 Å². The number of fused-ring (bicyclic) bond motifs is 1. The van der Waals surface area contributed by atoms with Crippen LogP contribution in [0.5, 0.6) is 5.75 Å². The molecule has 2 heterocycles. The summed E-state index contributed by atoms with van der Waals surface area (Å²) in [6.45, 7) is -0.579. The molecule has 3 rings (SSSR count). The topological polar surface area (TPSA) is 116 Å². The van der Waals surface area contributed by atoms with Gasteiger partial charge in [0.2, 0.25) is 5.91 Å². The summed E-state index contributed by atoms with van der Waals surface area (Å²) in [6.07, 6.45) is 3.38. The lowest BCUT2D eigenvalue weighted by Crippen LogP contribution is -2.54. The van der Waals surface area contributed by atoms with Crippen molar-refractivity contribution in [3.63, 3.8) is 0 Å². The van der Waals surface area contributed by atoms with E-state index in [2.05, 4.69) is 5.32 Å². The molecule has 1 amide bonds. The predicted molar refractivity (Wildman–Crippen MR) is 110 cm³/mol. The second-order valence-electron chi connectivity index (χ2n) is 7.34. The fourth-order valence-corrected chi connectivity index (χ4v) is 4.93. The average Bonchev–Trinajstić information content (AvgIpc) is 2.83.